The Morgan fingerprint density at radius 2 is 1.52 bits per heavy atom. The number of amides is 3. The predicted molar refractivity (Wildman–Crippen MR) is 117 cm³/mol. The van der Waals surface area contributed by atoms with E-state index in [1.165, 1.54) is 30.6 Å². The number of hydrogen-bond donors (Lipinski definition) is 1. The molecule has 3 aliphatic rings. The summed E-state index contributed by atoms with van der Waals surface area (Å²) in [4.78, 5) is 32.1. The van der Waals surface area contributed by atoms with E-state index in [-0.39, 0.29) is 11.9 Å². The maximum absolute atomic E-state index is 12.6. The number of nitrogens with one attached hydrogen (secondary N) is 1. The van der Waals surface area contributed by atoms with E-state index in [4.69, 9.17) is 0 Å². The minimum atomic E-state index is -0.0493. The first kappa shape index (κ1) is 20.5. The van der Waals surface area contributed by atoms with Crippen LogP contribution in [0.15, 0.2) is 29.2 Å². The molecule has 1 N–H and O–H groups in total. The predicted octanol–water partition coefficient (Wildman–Crippen LogP) is 3.49. The molecular formula is C22H32N4O2S. The Morgan fingerprint density at radius 3 is 2.17 bits per heavy atom. The molecule has 0 bridgehead atoms. The van der Waals surface area contributed by atoms with E-state index < -0.39 is 0 Å². The monoisotopic (exact) mass is 416 g/mol. The third-order valence-corrected chi connectivity index (χ3v) is 7.54. The number of hydrogen-bond acceptors (Lipinski definition) is 4. The number of urea groups is 1. The number of carbonyl (C=O) groups excluding carboxylic acids is 2. The van der Waals surface area contributed by atoms with Crippen molar-refractivity contribution in [3.05, 3.63) is 24.3 Å². The molecule has 0 unspecified atom stereocenters. The van der Waals surface area contributed by atoms with Crippen LogP contribution in [-0.4, -0.2) is 77.7 Å². The van der Waals surface area contributed by atoms with Gasteiger partial charge < -0.3 is 15.1 Å². The maximum Gasteiger partial charge on any atom is 0.321 e. The van der Waals surface area contributed by atoms with Gasteiger partial charge in [0.05, 0.1) is 6.54 Å². The van der Waals surface area contributed by atoms with Gasteiger partial charge in [0.25, 0.3) is 0 Å². The van der Waals surface area contributed by atoms with Crippen molar-refractivity contribution >= 4 is 29.4 Å². The molecule has 29 heavy (non-hydrogen) atoms. The van der Waals surface area contributed by atoms with Crippen molar-refractivity contribution in [1.82, 2.24) is 14.7 Å². The lowest BCUT2D eigenvalue weighted by atomic mass is 10.3. The molecule has 6 nitrogen and oxygen atoms in total. The average Bonchev–Trinajstić information content (AvgIpc) is 3.44. The highest BCUT2D eigenvalue weighted by Gasteiger charge is 2.25. The summed E-state index contributed by atoms with van der Waals surface area (Å²) >= 11 is 1.96. The van der Waals surface area contributed by atoms with Crippen molar-refractivity contribution in [2.75, 3.05) is 51.1 Å². The zero-order chi connectivity index (χ0) is 20.1. The zero-order valence-electron chi connectivity index (χ0n) is 17.1. The second-order valence-corrected chi connectivity index (χ2v) is 9.70. The van der Waals surface area contributed by atoms with Crippen LogP contribution in [0.1, 0.15) is 38.5 Å². The fourth-order valence-corrected chi connectivity index (χ4v) is 5.63. The van der Waals surface area contributed by atoms with E-state index in [1.54, 1.807) is 0 Å². The Bertz CT molecular complexity index is 691. The Kier molecular flexibility index (Phi) is 6.98. The number of rotatable bonds is 5. The summed E-state index contributed by atoms with van der Waals surface area (Å²) in [6.45, 7) is 5.12. The molecule has 1 saturated carbocycles. The van der Waals surface area contributed by atoms with Crippen molar-refractivity contribution in [2.24, 2.45) is 0 Å². The Morgan fingerprint density at radius 1 is 0.862 bits per heavy atom. The minimum absolute atomic E-state index is 0.0493. The van der Waals surface area contributed by atoms with Crippen molar-refractivity contribution in [3.8, 4) is 0 Å². The van der Waals surface area contributed by atoms with Crippen molar-refractivity contribution in [1.29, 1.82) is 0 Å². The van der Waals surface area contributed by atoms with E-state index in [0.717, 1.165) is 50.0 Å². The van der Waals surface area contributed by atoms with Gasteiger partial charge in [-0.25, -0.2) is 4.79 Å². The lowest BCUT2D eigenvalue weighted by molar-refractivity contribution is -0.131. The second-order valence-electron chi connectivity index (χ2n) is 8.33. The standard InChI is InChI=1S/C22H32N4O2S/c27-21(25-11-3-4-12-25)17-24-13-15-26(16-14-24)22(28)23-18-7-9-20(10-8-18)29-19-5-1-2-6-19/h7-10,19H,1-6,11-17H2,(H,23,28). The topological polar surface area (TPSA) is 55.9 Å². The van der Waals surface area contributed by atoms with Gasteiger partial charge in [-0.1, -0.05) is 12.8 Å². The van der Waals surface area contributed by atoms with Crippen molar-refractivity contribution in [2.45, 2.75) is 48.7 Å². The van der Waals surface area contributed by atoms with Crippen LogP contribution in [0.5, 0.6) is 0 Å². The molecule has 3 fully saturated rings. The quantitative estimate of drug-likeness (QED) is 0.798. The molecule has 1 aliphatic carbocycles. The number of anilines is 1. The van der Waals surface area contributed by atoms with Crippen molar-refractivity contribution in [3.63, 3.8) is 0 Å². The molecule has 1 aromatic carbocycles. The summed E-state index contributed by atoms with van der Waals surface area (Å²) in [5.41, 5.74) is 0.845. The third kappa shape index (κ3) is 5.66. The molecule has 0 aromatic heterocycles. The van der Waals surface area contributed by atoms with Crippen LogP contribution in [0, 0.1) is 0 Å². The number of nitrogens with zero attached hydrogens (tertiary/aromatic N) is 3. The summed E-state index contributed by atoms with van der Waals surface area (Å²) in [5, 5.41) is 3.77. The van der Waals surface area contributed by atoms with Crippen LogP contribution in [-0.2, 0) is 4.79 Å². The lowest BCUT2D eigenvalue weighted by Gasteiger charge is -2.35. The molecule has 0 atom stereocenters. The number of piperazine rings is 1. The van der Waals surface area contributed by atoms with E-state index in [1.807, 2.05) is 33.7 Å². The van der Waals surface area contributed by atoms with Gasteiger partial charge in [0.15, 0.2) is 0 Å². The van der Waals surface area contributed by atoms with Crippen LogP contribution in [0.2, 0.25) is 0 Å². The highest BCUT2D eigenvalue weighted by molar-refractivity contribution is 8.00. The fraction of sp³-hybridized carbons (Fsp3) is 0.636. The highest BCUT2D eigenvalue weighted by Crippen LogP contribution is 2.34. The Labute approximate surface area is 178 Å². The van der Waals surface area contributed by atoms with E-state index >= 15 is 0 Å². The van der Waals surface area contributed by atoms with Gasteiger partial charge in [-0.15, -0.1) is 11.8 Å². The SMILES string of the molecule is O=C(CN1CCN(C(=O)Nc2ccc(SC3CCCC3)cc2)CC1)N1CCCC1. The molecule has 0 spiro atoms. The Balaban J connectivity index is 1.19. The van der Waals surface area contributed by atoms with Gasteiger partial charge in [0.2, 0.25) is 5.91 Å². The zero-order valence-corrected chi connectivity index (χ0v) is 18.0. The van der Waals surface area contributed by atoms with Crippen molar-refractivity contribution < 1.29 is 9.59 Å². The minimum Gasteiger partial charge on any atom is -0.342 e. The van der Waals surface area contributed by atoms with E-state index in [2.05, 4.69) is 22.3 Å². The maximum atomic E-state index is 12.6. The van der Waals surface area contributed by atoms with Crippen LogP contribution in [0.25, 0.3) is 0 Å². The molecule has 2 aliphatic heterocycles. The first-order valence-corrected chi connectivity index (χ1v) is 11.9. The van der Waals surface area contributed by atoms with Gasteiger partial charge >= 0.3 is 6.03 Å². The van der Waals surface area contributed by atoms with E-state index in [0.29, 0.717) is 19.6 Å². The highest BCUT2D eigenvalue weighted by atomic mass is 32.2. The molecular weight excluding hydrogens is 384 g/mol. The van der Waals surface area contributed by atoms with Gasteiger partial charge in [0, 0.05) is 55.1 Å². The molecule has 2 heterocycles. The largest absolute Gasteiger partial charge is 0.342 e. The normalized spacial score (nSPS) is 21.0. The number of likely N-dealkylation sites (tertiary alicyclic amines) is 1. The number of thioether (sulfide) groups is 1. The van der Waals surface area contributed by atoms with Gasteiger partial charge in [0.1, 0.15) is 0 Å². The molecule has 1 aromatic rings. The molecule has 3 amide bonds. The molecule has 158 valence electrons. The summed E-state index contributed by atoms with van der Waals surface area (Å²) < 4.78 is 0. The molecule has 7 heteroatoms. The summed E-state index contributed by atoms with van der Waals surface area (Å²) in [5.74, 6) is 0.232. The second kappa shape index (κ2) is 9.85. The van der Waals surface area contributed by atoms with Gasteiger partial charge in [-0.3, -0.25) is 9.69 Å². The van der Waals surface area contributed by atoms with Crippen LogP contribution in [0.3, 0.4) is 0 Å². The van der Waals surface area contributed by atoms with Crippen LogP contribution >= 0.6 is 11.8 Å². The number of carbonyl (C=O) groups is 2. The van der Waals surface area contributed by atoms with Gasteiger partial charge in [-0.05, 0) is 49.9 Å². The smallest absolute Gasteiger partial charge is 0.321 e. The lowest BCUT2D eigenvalue weighted by Crippen LogP contribution is -2.52. The molecule has 4 rings (SSSR count). The molecule has 2 saturated heterocycles. The average molecular weight is 417 g/mol. The fourth-order valence-electron chi connectivity index (χ4n) is 4.38. The first-order chi connectivity index (χ1) is 14.2. The molecule has 0 radical (unpaired) electrons. The third-order valence-electron chi connectivity index (χ3n) is 6.19. The van der Waals surface area contributed by atoms with Gasteiger partial charge in [-0.2, -0.15) is 0 Å². The summed E-state index contributed by atoms with van der Waals surface area (Å²) in [6.07, 6.45) is 7.59. The number of benzene rings is 1. The Hall–Kier alpha value is -1.73. The van der Waals surface area contributed by atoms with E-state index in [9.17, 15) is 9.59 Å². The summed E-state index contributed by atoms with van der Waals surface area (Å²) in [6, 6.07) is 8.17. The first-order valence-electron chi connectivity index (χ1n) is 11.0. The van der Waals surface area contributed by atoms with Crippen LogP contribution in [0.4, 0.5) is 10.5 Å². The van der Waals surface area contributed by atoms with Crippen LogP contribution < -0.4 is 5.32 Å². The summed E-state index contributed by atoms with van der Waals surface area (Å²) in [7, 11) is 0.